The van der Waals surface area contributed by atoms with Crippen LogP contribution in [0.5, 0.6) is 0 Å². The van der Waals surface area contributed by atoms with Crippen molar-refractivity contribution in [1.82, 2.24) is 4.90 Å². The topological polar surface area (TPSA) is 23.6 Å². The molecular weight excluding hydrogens is 320 g/mol. The molecule has 0 bridgehead atoms. The van der Waals surface area contributed by atoms with Crippen LogP contribution in [0.4, 0.5) is 5.69 Å². The van der Waals surface area contributed by atoms with Crippen molar-refractivity contribution in [3.8, 4) is 0 Å². The van der Waals surface area contributed by atoms with Crippen molar-refractivity contribution >= 4 is 23.2 Å². The molecule has 0 unspecified atom stereocenters. The van der Waals surface area contributed by atoms with E-state index in [0.717, 1.165) is 42.5 Å². The highest BCUT2D eigenvalue weighted by Crippen LogP contribution is 2.26. The maximum absolute atomic E-state index is 12.7. The second-order valence-corrected chi connectivity index (χ2v) is 6.91. The SMILES string of the molecule is CC(C)c1ccc(C(=O)N2CCN(c3ccccc3Cl)CC2)cc1. The number of hydrogen-bond donors (Lipinski definition) is 0. The first-order valence-corrected chi connectivity index (χ1v) is 8.83. The minimum absolute atomic E-state index is 0.115. The fourth-order valence-electron chi connectivity index (χ4n) is 3.05. The molecule has 0 atom stereocenters. The van der Waals surface area contributed by atoms with Crippen molar-refractivity contribution in [2.24, 2.45) is 0 Å². The van der Waals surface area contributed by atoms with Crippen LogP contribution >= 0.6 is 11.6 Å². The van der Waals surface area contributed by atoms with Gasteiger partial charge in [-0.2, -0.15) is 0 Å². The zero-order valence-corrected chi connectivity index (χ0v) is 15.0. The van der Waals surface area contributed by atoms with E-state index >= 15 is 0 Å². The molecule has 2 aromatic carbocycles. The van der Waals surface area contributed by atoms with Crippen molar-refractivity contribution in [3.05, 3.63) is 64.7 Å². The number of para-hydroxylation sites is 1. The Kier molecular flexibility index (Phi) is 5.10. The smallest absolute Gasteiger partial charge is 0.253 e. The molecule has 1 aliphatic rings. The summed E-state index contributed by atoms with van der Waals surface area (Å²) in [5.74, 6) is 0.595. The quantitative estimate of drug-likeness (QED) is 0.824. The third kappa shape index (κ3) is 3.57. The van der Waals surface area contributed by atoms with E-state index in [4.69, 9.17) is 11.6 Å². The summed E-state index contributed by atoms with van der Waals surface area (Å²) in [7, 11) is 0. The number of carbonyl (C=O) groups is 1. The summed E-state index contributed by atoms with van der Waals surface area (Å²) in [6, 6.07) is 15.9. The first-order chi connectivity index (χ1) is 11.6. The minimum atomic E-state index is 0.115. The van der Waals surface area contributed by atoms with Gasteiger partial charge in [-0.25, -0.2) is 0 Å². The fraction of sp³-hybridized carbons (Fsp3) is 0.350. The molecule has 3 nitrogen and oxygen atoms in total. The summed E-state index contributed by atoms with van der Waals surface area (Å²) in [5.41, 5.74) is 3.08. The second kappa shape index (κ2) is 7.27. The van der Waals surface area contributed by atoms with E-state index in [-0.39, 0.29) is 5.91 Å². The summed E-state index contributed by atoms with van der Waals surface area (Å²) in [5, 5.41) is 0.765. The van der Waals surface area contributed by atoms with Gasteiger partial charge in [0.05, 0.1) is 10.7 Å². The average Bonchev–Trinajstić information content (AvgIpc) is 2.62. The number of hydrogen-bond acceptors (Lipinski definition) is 2. The molecule has 1 fully saturated rings. The van der Waals surface area contributed by atoms with Gasteiger partial charge in [-0.15, -0.1) is 0 Å². The molecule has 1 saturated heterocycles. The highest BCUT2D eigenvalue weighted by atomic mass is 35.5. The molecule has 24 heavy (non-hydrogen) atoms. The molecule has 0 N–H and O–H groups in total. The summed E-state index contributed by atoms with van der Waals surface area (Å²) in [6.07, 6.45) is 0. The molecule has 0 radical (unpaired) electrons. The van der Waals surface area contributed by atoms with Gasteiger partial charge in [0, 0.05) is 31.7 Å². The van der Waals surface area contributed by atoms with Crippen LogP contribution in [-0.2, 0) is 0 Å². The van der Waals surface area contributed by atoms with Crippen LogP contribution in [0.2, 0.25) is 5.02 Å². The van der Waals surface area contributed by atoms with Crippen molar-refractivity contribution in [2.45, 2.75) is 19.8 Å². The average molecular weight is 343 g/mol. The maximum Gasteiger partial charge on any atom is 0.253 e. The molecule has 1 aliphatic heterocycles. The number of anilines is 1. The lowest BCUT2D eigenvalue weighted by molar-refractivity contribution is 0.0747. The van der Waals surface area contributed by atoms with Crippen LogP contribution in [0, 0.1) is 0 Å². The Morgan fingerprint density at radius 3 is 2.17 bits per heavy atom. The van der Waals surface area contributed by atoms with Crippen molar-refractivity contribution in [3.63, 3.8) is 0 Å². The third-order valence-electron chi connectivity index (χ3n) is 4.58. The Hall–Kier alpha value is -2.00. The van der Waals surface area contributed by atoms with Crippen LogP contribution in [0.1, 0.15) is 35.7 Å². The lowest BCUT2D eigenvalue weighted by atomic mass is 10.0. The fourth-order valence-corrected chi connectivity index (χ4v) is 3.31. The number of halogens is 1. The number of nitrogens with zero attached hydrogens (tertiary/aromatic N) is 2. The monoisotopic (exact) mass is 342 g/mol. The van der Waals surface area contributed by atoms with E-state index in [1.165, 1.54) is 5.56 Å². The van der Waals surface area contributed by atoms with Crippen LogP contribution in [-0.4, -0.2) is 37.0 Å². The molecule has 3 rings (SSSR count). The summed E-state index contributed by atoms with van der Waals surface area (Å²) < 4.78 is 0. The highest BCUT2D eigenvalue weighted by Gasteiger charge is 2.23. The van der Waals surface area contributed by atoms with Crippen LogP contribution in [0.25, 0.3) is 0 Å². The minimum Gasteiger partial charge on any atom is -0.367 e. The zero-order chi connectivity index (χ0) is 17.1. The summed E-state index contributed by atoms with van der Waals surface area (Å²) in [4.78, 5) is 16.8. The lowest BCUT2D eigenvalue weighted by Gasteiger charge is -2.36. The van der Waals surface area contributed by atoms with Gasteiger partial charge in [-0.3, -0.25) is 4.79 Å². The Morgan fingerprint density at radius 2 is 1.58 bits per heavy atom. The lowest BCUT2D eigenvalue weighted by Crippen LogP contribution is -2.48. The first kappa shape index (κ1) is 16.8. The number of rotatable bonds is 3. The van der Waals surface area contributed by atoms with Gasteiger partial charge >= 0.3 is 0 Å². The Bertz CT molecular complexity index is 704. The number of carbonyl (C=O) groups excluding carboxylic acids is 1. The Balaban J connectivity index is 1.64. The van der Waals surface area contributed by atoms with Gasteiger partial charge < -0.3 is 9.80 Å². The van der Waals surface area contributed by atoms with Crippen molar-refractivity contribution < 1.29 is 4.79 Å². The summed E-state index contributed by atoms with van der Waals surface area (Å²) >= 11 is 6.27. The zero-order valence-electron chi connectivity index (χ0n) is 14.2. The van der Waals surface area contributed by atoms with E-state index in [0.29, 0.717) is 5.92 Å². The molecule has 126 valence electrons. The maximum atomic E-state index is 12.7. The molecular formula is C20H23ClN2O. The van der Waals surface area contributed by atoms with E-state index in [1.807, 2.05) is 41.3 Å². The first-order valence-electron chi connectivity index (χ1n) is 8.45. The highest BCUT2D eigenvalue weighted by molar-refractivity contribution is 6.33. The van der Waals surface area contributed by atoms with Gasteiger partial charge in [0.25, 0.3) is 5.91 Å². The molecule has 0 aliphatic carbocycles. The molecule has 1 amide bonds. The van der Waals surface area contributed by atoms with Crippen molar-refractivity contribution in [1.29, 1.82) is 0 Å². The van der Waals surface area contributed by atoms with Crippen LogP contribution < -0.4 is 4.90 Å². The van der Waals surface area contributed by atoms with Gasteiger partial charge in [0.1, 0.15) is 0 Å². The van der Waals surface area contributed by atoms with Gasteiger partial charge in [0.15, 0.2) is 0 Å². The summed E-state index contributed by atoms with van der Waals surface area (Å²) in [6.45, 7) is 7.36. The molecule has 2 aromatic rings. The second-order valence-electron chi connectivity index (χ2n) is 6.51. The van der Waals surface area contributed by atoms with Crippen LogP contribution in [0.15, 0.2) is 48.5 Å². The predicted octanol–water partition coefficient (Wildman–Crippen LogP) is 4.43. The molecule has 0 saturated carbocycles. The van der Waals surface area contributed by atoms with Gasteiger partial charge in [-0.1, -0.05) is 49.7 Å². The number of benzene rings is 2. The largest absolute Gasteiger partial charge is 0.367 e. The molecule has 1 heterocycles. The molecule has 0 spiro atoms. The van der Waals surface area contributed by atoms with E-state index < -0.39 is 0 Å². The number of piperazine rings is 1. The Labute approximate surface area is 148 Å². The van der Waals surface area contributed by atoms with E-state index in [2.05, 4.69) is 30.9 Å². The predicted molar refractivity (Wildman–Crippen MR) is 100 cm³/mol. The van der Waals surface area contributed by atoms with E-state index in [9.17, 15) is 4.79 Å². The number of amides is 1. The Morgan fingerprint density at radius 1 is 0.958 bits per heavy atom. The van der Waals surface area contributed by atoms with Crippen LogP contribution in [0.3, 0.4) is 0 Å². The van der Waals surface area contributed by atoms with Gasteiger partial charge in [0.2, 0.25) is 0 Å². The standard InChI is InChI=1S/C20H23ClN2O/c1-15(2)16-7-9-17(10-8-16)20(24)23-13-11-22(12-14-23)19-6-4-3-5-18(19)21/h3-10,15H,11-14H2,1-2H3. The molecule has 4 heteroatoms. The third-order valence-corrected chi connectivity index (χ3v) is 4.90. The van der Waals surface area contributed by atoms with E-state index in [1.54, 1.807) is 0 Å². The molecule has 0 aromatic heterocycles. The van der Waals surface area contributed by atoms with Gasteiger partial charge in [-0.05, 0) is 35.7 Å². The van der Waals surface area contributed by atoms with Crippen molar-refractivity contribution in [2.75, 3.05) is 31.1 Å². The normalized spacial score (nSPS) is 15.0.